The van der Waals surface area contributed by atoms with Crippen molar-refractivity contribution in [2.24, 2.45) is 11.1 Å². The summed E-state index contributed by atoms with van der Waals surface area (Å²) in [6.07, 6.45) is 4.34. The van der Waals surface area contributed by atoms with E-state index in [0.29, 0.717) is 13.1 Å². The number of hydrogen-bond donors (Lipinski definition) is 3. The molecule has 5 nitrogen and oxygen atoms in total. The molecular formula is C12H22N2O3. The molecule has 4 N–H and O–H groups in total. The highest BCUT2D eigenvalue weighted by Gasteiger charge is 2.42. The predicted molar refractivity (Wildman–Crippen MR) is 63.3 cm³/mol. The highest BCUT2D eigenvalue weighted by molar-refractivity contribution is 5.81. The van der Waals surface area contributed by atoms with Gasteiger partial charge in [-0.1, -0.05) is 0 Å². The van der Waals surface area contributed by atoms with Crippen molar-refractivity contribution in [3.8, 4) is 0 Å². The van der Waals surface area contributed by atoms with E-state index >= 15 is 0 Å². The van der Waals surface area contributed by atoms with Gasteiger partial charge in [-0.15, -0.1) is 0 Å². The molecule has 1 heterocycles. The van der Waals surface area contributed by atoms with Crippen LogP contribution in [0.3, 0.4) is 0 Å². The van der Waals surface area contributed by atoms with E-state index < -0.39 is 0 Å². The Labute approximate surface area is 102 Å². The maximum Gasteiger partial charge on any atom is 0.249 e. The van der Waals surface area contributed by atoms with E-state index in [1.807, 2.05) is 0 Å². The third-order valence-electron chi connectivity index (χ3n) is 3.90. The van der Waals surface area contributed by atoms with E-state index in [9.17, 15) is 4.79 Å². The third kappa shape index (κ3) is 3.18. The predicted octanol–water partition coefficient (Wildman–Crippen LogP) is -0.229. The van der Waals surface area contributed by atoms with E-state index in [0.717, 1.165) is 32.1 Å². The summed E-state index contributed by atoms with van der Waals surface area (Å²) in [6, 6.07) is 0. The van der Waals surface area contributed by atoms with Crippen LogP contribution in [0.1, 0.15) is 32.1 Å². The molecule has 2 aliphatic rings. The Morgan fingerprint density at radius 2 is 2.24 bits per heavy atom. The number of hydrogen-bond acceptors (Lipinski definition) is 4. The normalized spacial score (nSPS) is 30.2. The van der Waals surface area contributed by atoms with Gasteiger partial charge in [0.2, 0.25) is 5.91 Å². The van der Waals surface area contributed by atoms with Crippen molar-refractivity contribution >= 4 is 5.91 Å². The van der Waals surface area contributed by atoms with E-state index in [1.54, 1.807) is 0 Å². The van der Waals surface area contributed by atoms with Gasteiger partial charge in [-0.05, 0) is 37.5 Å². The Kier molecular flexibility index (Phi) is 4.01. The fourth-order valence-corrected chi connectivity index (χ4v) is 2.39. The van der Waals surface area contributed by atoms with E-state index in [-0.39, 0.29) is 30.1 Å². The average molecular weight is 242 g/mol. The number of ether oxygens (including phenoxy) is 1. The molecule has 5 heteroatoms. The molecule has 0 bridgehead atoms. The van der Waals surface area contributed by atoms with Crippen molar-refractivity contribution < 1.29 is 14.6 Å². The highest BCUT2D eigenvalue weighted by atomic mass is 16.5. The summed E-state index contributed by atoms with van der Waals surface area (Å²) in [7, 11) is 0. The van der Waals surface area contributed by atoms with Crippen LogP contribution < -0.4 is 11.1 Å². The van der Waals surface area contributed by atoms with Gasteiger partial charge in [-0.2, -0.15) is 0 Å². The number of amides is 1. The molecular weight excluding hydrogens is 220 g/mol. The first-order chi connectivity index (χ1) is 8.19. The van der Waals surface area contributed by atoms with Gasteiger partial charge in [-0.3, -0.25) is 4.79 Å². The minimum Gasteiger partial charge on any atom is -0.396 e. The van der Waals surface area contributed by atoms with Gasteiger partial charge < -0.3 is 20.9 Å². The number of carbonyl (C=O) groups excluding carboxylic acids is 1. The molecule has 1 amide bonds. The first-order valence-corrected chi connectivity index (χ1v) is 6.43. The van der Waals surface area contributed by atoms with Crippen molar-refractivity contribution in [2.45, 2.75) is 44.3 Å². The SMILES string of the molecule is NCC1CCC(C(=O)NCC2(CCO)CC2)O1. The van der Waals surface area contributed by atoms with Crippen molar-refractivity contribution in [2.75, 3.05) is 19.7 Å². The van der Waals surface area contributed by atoms with Gasteiger partial charge in [0.05, 0.1) is 6.10 Å². The second-order valence-electron chi connectivity index (χ2n) is 5.25. The number of aliphatic hydroxyl groups excluding tert-OH is 1. The maximum absolute atomic E-state index is 11.8. The minimum atomic E-state index is -0.325. The lowest BCUT2D eigenvalue weighted by molar-refractivity contribution is -0.132. The molecule has 0 aromatic carbocycles. The summed E-state index contributed by atoms with van der Waals surface area (Å²) in [4.78, 5) is 11.8. The fourth-order valence-electron chi connectivity index (χ4n) is 2.39. The molecule has 2 rings (SSSR count). The third-order valence-corrected chi connectivity index (χ3v) is 3.90. The second kappa shape index (κ2) is 5.33. The summed E-state index contributed by atoms with van der Waals surface area (Å²) < 4.78 is 5.53. The van der Waals surface area contributed by atoms with Gasteiger partial charge in [0, 0.05) is 19.7 Å². The van der Waals surface area contributed by atoms with Crippen LogP contribution in [0.15, 0.2) is 0 Å². The zero-order chi connectivity index (χ0) is 12.3. The second-order valence-corrected chi connectivity index (χ2v) is 5.25. The molecule has 17 heavy (non-hydrogen) atoms. The molecule has 1 aliphatic heterocycles. The fraction of sp³-hybridized carbons (Fsp3) is 0.917. The van der Waals surface area contributed by atoms with Gasteiger partial charge >= 0.3 is 0 Å². The molecule has 1 saturated carbocycles. The van der Waals surface area contributed by atoms with E-state index in [2.05, 4.69) is 5.32 Å². The summed E-state index contributed by atoms with van der Waals surface area (Å²) in [5, 5.41) is 11.9. The lowest BCUT2D eigenvalue weighted by atomic mass is 10.0. The zero-order valence-electron chi connectivity index (χ0n) is 10.2. The molecule has 2 fully saturated rings. The summed E-state index contributed by atoms with van der Waals surface area (Å²) in [5.41, 5.74) is 5.67. The monoisotopic (exact) mass is 242 g/mol. The standard InChI is InChI=1S/C12H22N2O3/c13-7-9-1-2-10(17-9)11(16)14-8-12(3-4-12)5-6-15/h9-10,15H,1-8,13H2,(H,14,16). The topological polar surface area (TPSA) is 84.6 Å². The minimum absolute atomic E-state index is 0.0230. The zero-order valence-corrected chi connectivity index (χ0v) is 10.2. The largest absolute Gasteiger partial charge is 0.396 e. The molecule has 0 aromatic heterocycles. The Morgan fingerprint density at radius 3 is 2.76 bits per heavy atom. The lowest BCUT2D eigenvalue weighted by Crippen LogP contribution is -2.38. The maximum atomic E-state index is 11.8. The Balaban J connectivity index is 1.71. The smallest absolute Gasteiger partial charge is 0.249 e. The van der Waals surface area contributed by atoms with Crippen LogP contribution in [0, 0.1) is 5.41 Å². The summed E-state index contributed by atoms with van der Waals surface area (Å²) in [6.45, 7) is 1.35. The number of aliphatic hydroxyl groups is 1. The average Bonchev–Trinajstić information content (AvgIpc) is 2.93. The van der Waals surface area contributed by atoms with Crippen molar-refractivity contribution in [1.29, 1.82) is 0 Å². The van der Waals surface area contributed by atoms with Crippen molar-refractivity contribution in [1.82, 2.24) is 5.32 Å². The first kappa shape index (κ1) is 12.8. The van der Waals surface area contributed by atoms with Crippen molar-refractivity contribution in [3.05, 3.63) is 0 Å². The van der Waals surface area contributed by atoms with E-state index in [4.69, 9.17) is 15.6 Å². The van der Waals surface area contributed by atoms with Gasteiger partial charge in [0.25, 0.3) is 0 Å². The van der Waals surface area contributed by atoms with Crippen LogP contribution >= 0.6 is 0 Å². The van der Waals surface area contributed by atoms with Crippen molar-refractivity contribution in [3.63, 3.8) is 0 Å². The number of rotatable bonds is 6. The summed E-state index contributed by atoms with van der Waals surface area (Å²) in [5.74, 6) is -0.0230. The Bertz CT molecular complexity index is 279. The number of nitrogens with one attached hydrogen (secondary N) is 1. The Morgan fingerprint density at radius 1 is 1.47 bits per heavy atom. The van der Waals surface area contributed by atoms with Crippen LogP contribution in [0.2, 0.25) is 0 Å². The van der Waals surface area contributed by atoms with Crippen LogP contribution in [0.5, 0.6) is 0 Å². The Hall–Kier alpha value is -0.650. The molecule has 1 saturated heterocycles. The van der Waals surface area contributed by atoms with Crippen LogP contribution in [-0.2, 0) is 9.53 Å². The molecule has 0 spiro atoms. The van der Waals surface area contributed by atoms with Gasteiger partial charge in [0.15, 0.2) is 0 Å². The summed E-state index contributed by atoms with van der Waals surface area (Å²) >= 11 is 0. The van der Waals surface area contributed by atoms with Gasteiger partial charge in [-0.25, -0.2) is 0 Å². The molecule has 2 unspecified atom stereocenters. The molecule has 2 atom stereocenters. The number of nitrogens with two attached hydrogens (primary N) is 1. The lowest BCUT2D eigenvalue weighted by Gasteiger charge is -2.17. The van der Waals surface area contributed by atoms with Crippen LogP contribution in [0.4, 0.5) is 0 Å². The van der Waals surface area contributed by atoms with Gasteiger partial charge in [0.1, 0.15) is 6.10 Å². The molecule has 0 aromatic rings. The quantitative estimate of drug-likeness (QED) is 0.601. The first-order valence-electron chi connectivity index (χ1n) is 6.43. The molecule has 0 radical (unpaired) electrons. The molecule has 98 valence electrons. The number of carbonyl (C=O) groups is 1. The highest BCUT2D eigenvalue weighted by Crippen LogP contribution is 2.47. The van der Waals surface area contributed by atoms with Crippen LogP contribution in [-0.4, -0.2) is 42.9 Å². The van der Waals surface area contributed by atoms with E-state index in [1.165, 1.54) is 0 Å². The molecule has 1 aliphatic carbocycles. The van der Waals surface area contributed by atoms with Crippen LogP contribution in [0.25, 0.3) is 0 Å².